The minimum absolute atomic E-state index is 0.00680. The largest absolute Gasteiger partial charge is 0.369 e. The molecule has 0 saturated heterocycles. The van der Waals surface area contributed by atoms with Gasteiger partial charge in [-0.1, -0.05) is 18.0 Å². The van der Waals surface area contributed by atoms with E-state index < -0.39 is 0 Å². The molecule has 6 heteroatoms. The highest BCUT2D eigenvalue weighted by molar-refractivity contribution is 6.31. The average molecular weight is 348 g/mol. The molecule has 1 saturated carbocycles. The van der Waals surface area contributed by atoms with E-state index in [4.69, 9.17) is 17.3 Å². The van der Waals surface area contributed by atoms with Crippen molar-refractivity contribution >= 4 is 34.3 Å². The molecule has 1 heterocycles. The van der Waals surface area contributed by atoms with E-state index in [9.17, 15) is 9.59 Å². The van der Waals surface area contributed by atoms with Crippen LogP contribution in [-0.2, 0) is 16.1 Å². The summed E-state index contributed by atoms with van der Waals surface area (Å²) in [6.45, 7) is 0.766. The van der Waals surface area contributed by atoms with Gasteiger partial charge in [-0.3, -0.25) is 9.59 Å². The molecule has 2 aromatic rings. The van der Waals surface area contributed by atoms with Gasteiger partial charge >= 0.3 is 0 Å². The van der Waals surface area contributed by atoms with Crippen LogP contribution in [0.5, 0.6) is 0 Å². The van der Waals surface area contributed by atoms with Gasteiger partial charge in [-0.25, -0.2) is 0 Å². The van der Waals surface area contributed by atoms with Gasteiger partial charge in [-0.2, -0.15) is 0 Å². The zero-order valence-corrected chi connectivity index (χ0v) is 14.3. The Bertz CT molecular complexity index is 756. The monoisotopic (exact) mass is 347 g/mol. The van der Waals surface area contributed by atoms with Crippen LogP contribution in [0.25, 0.3) is 10.9 Å². The maximum atomic E-state index is 12.1. The Morgan fingerprint density at radius 1 is 1.29 bits per heavy atom. The van der Waals surface area contributed by atoms with Crippen molar-refractivity contribution in [2.45, 2.75) is 44.7 Å². The fraction of sp³-hybridized carbons (Fsp3) is 0.444. The van der Waals surface area contributed by atoms with E-state index >= 15 is 0 Å². The van der Waals surface area contributed by atoms with Crippen LogP contribution in [0, 0.1) is 5.92 Å². The Kier molecular flexibility index (Phi) is 5.09. The summed E-state index contributed by atoms with van der Waals surface area (Å²) in [5.41, 5.74) is 6.50. The molecule has 1 aliphatic carbocycles. The van der Waals surface area contributed by atoms with Crippen molar-refractivity contribution in [3.05, 3.63) is 35.5 Å². The normalized spacial score (nSPS) is 20.4. The van der Waals surface area contributed by atoms with Crippen LogP contribution < -0.4 is 11.1 Å². The van der Waals surface area contributed by atoms with Crippen LogP contribution in [0.3, 0.4) is 0 Å². The van der Waals surface area contributed by atoms with Gasteiger partial charge in [-0.05, 0) is 43.5 Å². The number of nitrogens with two attached hydrogens (primary N) is 1. The van der Waals surface area contributed by atoms with Crippen LogP contribution in [-0.4, -0.2) is 22.4 Å². The second-order valence-corrected chi connectivity index (χ2v) is 6.87. The average Bonchev–Trinajstić information content (AvgIpc) is 3.14. The lowest BCUT2D eigenvalue weighted by molar-refractivity contribution is -0.124. The second kappa shape index (κ2) is 7.26. The molecule has 1 fully saturated rings. The summed E-state index contributed by atoms with van der Waals surface area (Å²) in [5.74, 6) is -0.532. The molecule has 1 aromatic carbocycles. The first-order valence-electron chi connectivity index (χ1n) is 8.37. The molecule has 128 valence electrons. The van der Waals surface area contributed by atoms with Gasteiger partial charge in [-0.15, -0.1) is 0 Å². The number of aromatic nitrogens is 1. The molecule has 0 bridgehead atoms. The van der Waals surface area contributed by atoms with Gasteiger partial charge in [0.25, 0.3) is 0 Å². The molecule has 3 rings (SSSR count). The van der Waals surface area contributed by atoms with Gasteiger partial charge in [0.1, 0.15) is 0 Å². The second-order valence-electron chi connectivity index (χ2n) is 6.43. The fourth-order valence-electron chi connectivity index (χ4n) is 3.53. The number of amides is 2. The van der Waals surface area contributed by atoms with Crippen LogP contribution in [0.15, 0.2) is 30.5 Å². The number of hydrogen-bond donors (Lipinski definition) is 2. The number of nitrogens with zero attached hydrogens (tertiary/aromatic N) is 1. The molecular weight excluding hydrogens is 326 g/mol. The van der Waals surface area contributed by atoms with Crippen molar-refractivity contribution in [3.63, 3.8) is 0 Å². The van der Waals surface area contributed by atoms with E-state index in [0.29, 0.717) is 6.42 Å². The van der Waals surface area contributed by atoms with Gasteiger partial charge in [0.05, 0.1) is 5.92 Å². The molecule has 24 heavy (non-hydrogen) atoms. The van der Waals surface area contributed by atoms with Crippen LogP contribution >= 0.6 is 11.6 Å². The van der Waals surface area contributed by atoms with Gasteiger partial charge in [0.2, 0.25) is 11.8 Å². The van der Waals surface area contributed by atoms with Gasteiger partial charge in [0, 0.05) is 41.1 Å². The number of carbonyl (C=O) groups excluding carboxylic acids is 2. The molecule has 1 aromatic heterocycles. The van der Waals surface area contributed by atoms with Crippen molar-refractivity contribution in [3.8, 4) is 0 Å². The van der Waals surface area contributed by atoms with Crippen molar-refractivity contribution in [2.24, 2.45) is 11.7 Å². The number of hydrogen-bond acceptors (Lipinski definition) is 2. The number of carbonyl (C=O) groups is 2. The minimum atomic E-state index is -0.310. The molecule has 2 unspecified atom stereocenters. The van der Waals surface area contributed by atoms with Crippen LogP contribution in [0.2, 0.25) is 5.02 Å². The molecule has 1 aliphatic rings. The third-order valence-electron chi connectivity index (χ3n) is 4.76. The van der Waals surface area contributed by atoms with E-state index in [2.05, 4.69) is 9.88 Å². The lowest BCUT2D eigenvalue weighted by Gasteiger charge is -2.18. The first kappa shape index (κ1) is 16.8. The molecule has 0 aliphatic heterocycles. The smallest absolute Gasteiger partial charge is 0.222 e. The molecular formula is C18H22ClN3O2. The quantitative estimate of drug-likeness (QED) is 0.842. The molecule has 3 N–H and O–H groups in total. The zero-order valence-electron chi connectivity index (χ0n) is 13.5. The number of rotatable bonds is 6. The number of benzene rings is 1. The molecule has 2 amide bonds. The fourth-order valence-corrected chi connectivity index (χ4v) is 3.71. The first-order valence-corrected chi connectivity index (χ1v) is 8.75. The molecule has 5 nitrogen and oxygen atoms in total. The Labute approximate surface area is 146 Å². The topological polar surface area (TPSA) is 77.1 Å². The lowest BCUT2D eigenvalue weighted by Crippen LogP contribution is -2.42. The summed E-state index contributed by atoms with van der Waals surface area (Å²) in [6.07, 6.45) is 5.75. The Morgan fingerprint density at radius 2 is 2.12 bits per heavy atom. The number of halogens is 1. The van der Waals surface area contributed by atoms with Crippen molar-refractivity contribution < 1.29 is 9.59 Å². The highest BCUT2D eigenvalue weighted by Crippen LogP contribution is 2.25. The van der Waals surface area contributed by atoms with Crippen LogP contribution in [0.1, 0.15) is 32.1 Å². The van der Waals surface area contributed by atoms with E-state index in [-0.39, 0.29) is 23.8 Å². The van der Waals surface area contributed by atoms with Gasteiger partial charge in [0.15, 0.2) is 0 Å². The summed E-state index contributed by atoms with van der Waals surface area (Å²) in [5, 5.41) is 4.79. The standard InChI is InChI=1S/C18H22ClN3O2/c19-13-6-7-16-12(11-13)8-10-22(16)9-2-5-17(23)21-15-4-1-3-14(15)18(20)24/h6-8,10-11,14-15H,1-5,9H2,(H2,20,24)(H,21,23). The number of nitrogens with one attached hydrogen (secondary N) is 1. The highest BCUT2D eigenvalue weighted by Gasteiger charge is 2.32. The third-order valence-corrected chi connectivity index (χ3v) is 5.00. The van der Waals surface area contributed by atoms with Crippen molar-refractivity contribution in [2.75, 3.05) is 0 Å². The molecule has 2 atom stereocenters. The maximum Gasteiger partial charge on any atom is 0.222 e. The minimum Gasteiger partial charge on any atom is -0.369 e. The van der Waals surface area contributed by atoms with E-state index in [1.54, 1.807) is 0 Å². The molecule has 0 spiro atoms. The van der Waals surface area contributed by atoms with E-state index in [0.717, 1.165) is 48.2 Å². The van der Waals surface area contributed by atoms with E-state index in [1.165, 1.54) is 0 Å². The summed E-state index contributed by atoms with van der Waals surface area (Å²) < 4.78 is 2.13. The summed E-state index contributed by atoms with van der Waals surface area (Å²) >= 11 is 5.99. The summed E-state index contributed by atoms with van der Waals surface area (Å²) in [7, 11) is 0. The highest BCUT2D eigenvalue weighted by atomic mass is 35.5. The van der Waals surface area contributed by atoms with E-state index in [1.807, 2.05) is 30.5 Å². The van der Waals surface area contributed by atoms with Crippen molar-refractivity contribution in [1.29, 1.82) is 0 Å². The number of primary amides is 1. The summed E-state index contributed by atoms with van der Waals surface area (Å²) in [4.78, 5) is 23.5. The molecule has 0 radical (unpaired) electrons. The number of fused-ring (bicyclic) bond motifs is 1. The van der Waals surface area contributed by atoms with Crippen LogP contribution in [0.4, 0.5) is 0 Å². The maximum absolute atomic E-state index is 12.1. The predicted molar refractivity (Wildman–Crippen MR) is 94.6 cm³/mol. The SMILES string of the molecule is NC(=O)C1CCCC1NC(=O)CCCn1ccc2cc(Cl)ccc21. The third kappa shape index (κ3) is 3.73. The summed E-state index contributed by atoms with van der Waals surface area (Å²) in [6, 6.07) is 7.73. The number of aryl methyl sites for hydroxylation is 1. The predicted octanol–water partition coefficient (Wildman–Crippen LogP) is 2.85. The van der Waals surface area contributed by atoms with Crippen molar-refractivity contribution in [1.82, 2.24) is 9.88 Å². The first-order chi connectivity index (χ1) is 11.5. The van der Waals surface area contributed by atoms with Gasteiger partial charge < -0.3 is 15.6 Å². The Balaban J connectivity index is 1.50. The zero-order chi connectivity index (χ0) is 17.1. The lowest BCUT2D eigenvalue weighted by atomic mass is 10.0. The Hall–Kier alpha value is -2.01. The Morgan fingerprint density at radius 3 is 2.92 bits per heavy atom.